The highest BCUT2D eigenvalue weighted by molar-refractivity contribution is 5.89. The van der Waals surface area contributed by atoms with Crippen LogP contribution in [0, 0.1) is 6.92 Å². The maximum atomic E-state index is 11.4. The maximum Gasteiger partial charge on any atom is 0.407 e. The zero-order valence-electron chi connectivity index (χ0n) is 12.8. The first-order valence-corrected chi connectivity index (χ1v) is 6.74. The first kappa shape index (κ1) is 16.8. The molecule has 0 aromatic heterocycles. The van der Waals surface area contributed by atoms with Crippen molar-refractivity contribution in [3.63, 3.8) is 0 Å². The van der Waals surface area contributed by atoms with Crippen LogP contribution in [0.15, 0.2) is 18.2 Å². The number of carboxylic acid groups (broad SMARTS) is 1. The molecule has 0 saturated carbocycles. The molecule has 0 aliphatic heterocycles. The molecule has 0 radical (unpaired) electrons. The van der Waals surface area contributed by atoms with E-state index in [0.29, 0.717) is 18.7 Å². The molecule has 0 saturated heterocycles. The average molecular weight is 294 g/mol. The third-order valence-corrected chi connectivity index (χ3v) is 2.58. The summed E-state index contributed by atoms with van der Waals surface area (Å²) in [6.45, 7) is 8.08. The van der Waals surface area contributed by atoms with Crippen molar-refractivity contribution in [2.75, 3.05) is 18.4 Å². The number of carbonyl (C=O) groups excluding carboxylic acids is 1. The second-order valence-electron chi connectivity index (χ2n) is 5.69. The Hall–Kier alpha value is -2.24. The second-order valence-corrected chi connectivity index (χ2v) is 5.69. The molecule has 3 N–H and O–H groups in total. The number of hydrogen-bond donors (Lipinski definition) is 3. The molecule has 6 heteroatoms. The molecular formula is C15H22N2O4. The van der Waals surface area contributed by atoms with Gasteiger partial charge >= 0.3 is 12.1 Å². The van der Waals surface area contributed by atoms with Crippen LogP contribution in [0.2, 0.25) is 0 Å². The Morgan fingerprint density at radius 2 is 1.90 bits per heavy atom. The number of carboxylic acids is 1. The van der Waals surface area contributed by atoms with Gasteiger partial charge < -0.3 is 20.5 Å². The van der Waals surface area contributed by atoms with Crippen molar-refractivity contribution in [1.82, 2.24) is 5.32 Å². The third-order valence-electron chi connectivity index (χ3n) is 2.58. The van der Waals surface area contributed by atoms with Gasteiger partial charge in [-0.1, -0.05) is 0 Å². The quantitative estimate of drug-likeness (QED) is 0.727. The Morgan fingerprint density at radius 3 is 2.43 bits per heavy atom. The lowest BCUT2D eigenvalue weighted by molar-refractivity contribution is 0.0529. The van der Waals surface area contributed by atoms with Gasteiger partial charge in [-0.15, -0.1) is 0 Å². The molecule has 1 rings (SSSR count). The number of alkyl carbamates (subject to hydrolysis) is 1. The lowest BCUT2D eigenvalue weighted by Crippen LogP contribution is -2.35. The van der Waals surface area contributed by atoms with Crippen molar-refractivity contribution in [3.8, 4) is 0 Å². The van der Waals surface area contributed by atoms with E-state index < -0.39 is 17.7 Å². The molecule has 0 aliphatic carbocycles. The summed E-state index contributed by atoms with van der Waals surface area (Å²) in [4.78, 5) is 22.3. The van der Waals surface area contributed by atoms with Gasteiger partial charge in [0.25, 0.3) is 0 Å². The maximum absolute atomic E-state index is 11.4. The van der Waals surface area contributed by atoms with E-state index in [0.717, 1.165) is 5.69 Å². The zero-order chi connectivity index (χ0) is 16.0. The number of carbonyl (C=O) groups is 2. The van der Waals surface area contributed by atoms with Crippen molar-refractivity contribution in [3.05, 3.63) is 29.3 Å². The van der Waals surface area contributed by atoms with E-state index in [4.69, 9.17) is 9.84 Å². The summed E-state index contributed by atoms with van der Waals surface area (Å²) in [5.41, 5.74) is 1.27. The second kappa shape index (κ2) is 6.97. The molecule has 0 atom stereocenters. The number of anilines is 1. The summed E-state index contributed by atoms with van der Waals surface area (Å²) in [6, 6.07) is 5.02. The van der Waals surface area contributed by atoms with Crippen LogP contribution < -0.4 is 10.6 Å². The number of benzene rings is 1. The van der Waals surface area contributed by atoms with E-state index in [2.05, 4.69) is 10.6 Å². The Bertz CT molecular complexity index is 521. The zero-order valence-corrected chi connectivity index (χ0v) is 12.8. The number of aromatic carboxylic acids is 1. The van der Waals surface area contributed by atoms with Crippen LogP contribution in [0.4, 0.5) is 10.5 Å². The molecule has 0 fully saturated rings. The summed E-state index contributed by atoms with van der Waals surface area (Å²) in [5.74, 6) is -0.939. The first-order chi connectivity index (χ1) is 9.69. The van der Waals surface area contributed by atoms with Crippen molar-refractivity contribution in [2.45, 2.75) is 33.3 Å². The lowest BCUT2D eigenvalue weighted by Gasteiger charge is -2.19. The van der Waals surface area contributed by atoms with Gasteiger partial charge in [0.2, 0.25) is 0 Å². The monoisotopic (exact) mass is 294 g/mol. The number of hydrogen-bond acceptors (Lipinski definition) is 4. The fourth-order valence-electron chi connectivity index (χ4n) is 1.70. The highest BCUT2D eigenvalue weighted by atomic mass is 16.6. The van der Waals surface area contributed by atoms with Gasteiger partial charge in [0, 0.05) is 18.8 Å². The number of ether oxygens (including phenoxy) is 1. The van der Waals surface area contributed by atoms with Gasteiger partial charge in [0.1, 0.15) is 5.60 Å². The van der Waals surface area contributed by atoms with Gasteiger partial charge in [-0.05, 0) is 51.5 Å². The number of aryl methyl sites for hydroxylation is 1. The molecule has 1 amide bonds. The van der Waals surface area contributed by atoms with Crippen LogP contribution in [-0.2, 0) is 4.74 Å². The fraction of sp³-hybridized carbons (Fsp3) is 0.467. The molecule has 0 heterocycles. The molecule has 6 nitrogen and oxygen atoms in total. The molecule has 0 bridgehead atoms. The molecule has 1 aromatic carbocycles. The van der Waals surface area contributed by atoms with Gasteiger partial charge in [-0.25, -0.2) is 9.59 Å². The van der Waals surface area contributed by atoms with E-state index in [9.17, 15) is 9.59 Å². The average Bonchev–Trinajstić information content (AvgIpc) is 2.32. The molecule has 21 heavy (non-hydrogen) atoms. The summed E-state index contributed by atoms with van der Waals surface area (Å²) >= 11 is 0. The van der Waals surface area contributed by atoms with Gasteiger partial charge in [0.05, 0.1) is 5.56 Å². The SMILES string of the molecule is Cc1cc(NCCNC(=O)OC(C)(C)C)ccc1C(=O)O. The van der Waals surface area contributed by atoms with Gasteiger partial charge in [0.15, 0.2) is 0 Å². The molecular weight excluding hydrogens is 272 g/mol. The highest BCUT2D eigenvalue weighted by Gasteiger charge is 2.15. The minimum absolute atomic E-state index is 0.285. The van der Waals surface area contributed by atoms with Crippen molar-refractivity contribution in [1.29, 1.82) is 0 Å². The van der Waals surface area contributed by atoms with Crippen LogP contribution >= 0.6 is 0 Å². The lowest BCUT2D eigenvalue weighted by atomic mass is 10.1. The molecule has 0 spiro atoms. The normalized spacial score (nSPS) is 10.9. The molecule has 0 unspecified atom stereocenters. The van der Waals surface area contributed by atoms with Crippen LogP contribution in [0.25, 0.3) is 0 Å². The standard InChI is InChI=1S/C15H22N2O4/c1-10-9-11(5-6-12(10)13(18)19)16-7-8-17-14(20)21-15(2,3)4/h5-6,9,16H,7-8H2,1-4H3,(H,17,20)(H,18,19). The Labute approximate surface area is 124 Å². The molecule has 1 aromatic rings. The van der Waals surface area contributed by atoms with Gasteiger partial charge in [-0.2, -0.15) is 0 Å². The first-order valence-electron chi connectivity index (χ1n) is 6.74. The Balaban J connectivity index is 2.38. The number of nitrogens with one attached hydrogen (secondary N) is 2. The van der Waals surface area contributed by atoms with Gasteiger partial charge in [-0.3, -0.25) is 0 Å². The third kappa shape index (κ3) is 6.16. The predicted octanol–water partition coefficient (Wildman–Crippen LogP) is 2.63. The molecule has 116 valence electrons. The Morgan fingerprint density at radius 1 is 1.24 bits per heavy atom. The highest BCUT2D eigenvalue weighted by Crippen LogP contribution is 2.14. The summed E-state index contributed by atoms with van der Waals surface area (Å²) in [5, 5.41) is 14.7. The van der Waals surface area contributed by atoms with Crippen LogP contribution in [-0.4, -0.2) is 35.9 Å². The van der Waals surface area contributed by atoms with Crippen LogP contribution in [0.1, 0.15) is 36.7 Å². The van der Waals surface area contributed by atoms with E-state index in [-0.39, 0.29) is 5.56 Å². The summed E-state index contributed by atoms with van der Waals surface area (Å²) < 4.78 is 5.11. The van der Waals surface area contributed by atoms with Crippen molar-refractivity contribution < 1.29 is 19.4 Å². The summed E-state index contributed by atoms with van der Waals surface area (Å²) in [6.07, 6.45) is -0.457. The summed E-state index contributed by atoms with van der Waals surface area (Å²) in [7, 11) is 0. The van der Waals surface area contributed by atoms with Crippen LogP contribution in [0.5, 0.6) is 0 Å². The smallest absolute Gasteiger partial charge is 0.407 e. The van der Waals surface area contributed by atoms with E-state index in [1.54, 1.807) is 45.9 Å². The fourth-order valence-corrected chi connectivity index (χ4v) is 1.70. The number of amides is 1. The number of rotatable bonds is 5. The van der Waals surface area contributed by atoms with E-state index in [1.807, 2.05) is 0 Å². The van der Waals surface area contributed by atoms with Crippen LogP contribution in [0.3, 0.4) is 0 Å². The Kier molecular flexibility index (Phi) is 5.58. The minimum Gasteiger partial charge on any atom is -0.478 e. The molecule has 0 aliphatic rings. The van der Waals surface area contributed by atoms with Crippen molar-refractivity contribution >= 4 is 17.7 Å². The largest absolute Gasteiger partial charge is 0.478 e. The van der Waals surface area contributed by atoms with E-state index >= 15 is 0 Å². The topological polar surface area (TPSA) is 87.7 Å². The predicted molar refractivity (Wildman–Crippen MR) is 80.9 cm³/mol. The van der Waals surface area contributed by atoms with E-state index in [1.165, 1.54) is 0 Å². The minimum atomic E-state index is -0.939. The van der Waals surface area contributed by atoms with Crippen molar-refractivity contribution in [2.24, 2.45) is 0 Å².